The third kappa shape index (κ3) is 19.6. The molecule has 0 aromatic heterocycles. The summed E-state index contributed by atoms with van der Waals surface area (Å²) in [7, 11) is -9.16. The summed E-state index contributed by atoms with van der Waals surface area (Å²) >= 11 is 0. The van der Waals surface area contributed by atoms with Gasteiger partial charge in [0.25, 0.3) is 0 Å². The Balaban J connectivity index is 0.00000661. The van der Waals surface area contributed by atoms with E-state index in [-0.39, 0.29) is 92.3 Å². The van der Waals surface area contributed by atoms with Crippen LogP contribution in [0, 0.1) is 0 Å². The zero-order valence-corrected chi connectivity index (χ0v) is 41.1. The normalized spacial score (nSPS) is 11.4. The van der Waals surface area contributed by atoms with Crippen LogP contribution in [0.25, 0.3) is 0 Å². The van der Waals surface area contributed by atoms with E-state index in [0.29, 0.717) is 63.7 Å². The number of nitrogens with zero attached hydrogens (tertiary/aromatic N) is 6. The van der Waals surface area contributed by atoms with Crippen LogP contribution in [0.5, 0.6) is 0 Å². The van der Waals surface area contributed by atoms with Crippen molar-refractivity contribution >= 4 is 66.4 Å². The van der Waals surface area contributed by atoms with Crippen molar-refractivity contribution < 1.29 is 94.6 Å². The van der Waals surface area contributed by atoms with Crippen LogP contribution in [0.15, 0.2) is 127 Å². The first-order valence-electron chi connectivity index (χ1n) is 19.4. The maximum absolute atomic E-state index is 12.3. The number of unbranched alkanes of at least 4 members (excludes halogenated alkanes) is 3. The first-order valence-corrected chi connectivity index (χ1v) is 22.3. The van der Waals surface area contributed by atoms with Gasteiger partial charge in [0.15, 0.2) is 0 Å². The zero-order valence-electron chi connectivity index (χ0n) is 35.5. The van der Waals surface area contributed by atoms with Gasteiger partial charge < -0.3 is 40.2 Å². The fraction of sp³-hybridized carbons (Fsp3) is 0.350. The molecule has 0 saturated heterocycles. The van der Waals surface area contributed by atoms with Crippen LogP contribution >= 0.6 is 0 Å². The first-order chi connectivity index (χ1) is 28.7. The van der Waals surface area contributed by atoms with Crippen LogP contribution in [-0.2, 0) is 20.2 Å². The minimum absolute atomic E-state index is 0. The van der Waals surface area contributed by atoms with Gasteiger partial charge in [-0.3, -0.25) is 0 Å². The molecule has 0 aliphatic heterocycles. The van der Waals surface area contributed by atoms with Crippen molar-refractivity contribution in [3.8, 4) is 0 Å². The molecule has 4 aromatic carbocycles. The van der Waals surface area contributed by atoms with Crippen LogP contribution in [0.2, 0.25) is 0 Å². The Hall–Kier alpha value is -3.96. The number of azo groups is 2. The molecule has 4 amide bonds. The van der Waals surface area contributed by atoms with Gasteiger partial charge in [0, 0.05) is 63.7 Å². The number of benzene rings is 4. The van der Waals surface area contributed by atoms with Gasteiger partial charge in [0.2, 0.25) is 0 Å². The van der Waals surface area contributed by atoms with E-state index in [9.17, 15) is 35.5 Å². The number of carbonyl (C=O) groups excluding carboxylic acids is 2. The summed E-state index contributed by atoms with van der Waals surface area (Å²) in [4.78, 5) is 28.1. The number of anilines is 2. The van der Waals surface area contributed by atoms with Crippen LogP contribution in [0.1, 0.15) is 39.5 Å². The molecule has 22 heteroatoms. The van der Waals surface area contributed by atoms with Crippen LogP contribution in [0.4, 0.5) is 43.7 Å². The van der Waals surface area contributed by atoms with E-state index in [4.69, 9.17) is 0 Å². The van der Waals surface area contributed by atoms with Gasteiger partial charge in [0.1, 0.15) is 20.2 Å². The largest absolute Gasteiger partial charge is 1.00 e. The molecule has 62 heavy (non-hydrogen) atoms. The van der Waals surface area contributed by atoms with Crippen molar-refractivity contribution in [3.05, 3.63) is 97.1 Å². The van der Waals surface area contributed by atoms with Crippen molar-refractivity contribution in [1.29, 1.82) is 0 Å². The molecule has 18 nitrogen and oxygen atoms in total. The van der Waals surface area contributed by atoms with Gasteiger partial charge in [-0.1, -0.05) is 25.0 Å². The van der Waals surface area contributed by atoms with Crippen molar-refractivity contribution in [3.63, 3.8) is 0 Å². The van der Waals surface area contributed by atoms with Crippen LogP contribution < -0.4 is 90.2 Å². The number of rotatable bonds is 23. The maximum atomic E-state index is 12.3. The Bertz CT molecular complexity index is 2130. The number of urea groups is 2. The molecule has 0 saturated carbocycles. The standard InChI is InChI=1S/C40H52N10O8S2.2Na/c1-3-49(35-19-15-31(16-20-35)45-47-33-11-9-13-37(29-33)59(53,54)55)27-25-43-39(51)41-23-7-5-6-8-24-42-40(52)44-26-28-50(4-2)36-21-17-32(18-22-36)46-48-34-12-10-14-38(30-34)60(56,57)58;;/h9-22,29-30H,3-8,23-28H2,1-2H3,(H2,41,43,51)(H2,42,44,52)(H,53,54,55)(H,56,57,58);;/q;2*+1/p-2. The van der Waals surface area contributed by atoms with Crippen molar-refractivity contribution in [2.24, 2.45) is 20.5 Å². The molecule has 0 aliphatic carbocycles. The molecule has 0 heterocycles. The molecule has 322 valence electrons. The molecule has 0 unspecified atom stereocenters. The van der Waals surface area contributed by atoms with Crippen molar-refractivity contribution in [2.45, 2.75) is 49.3 Å². The number of amides is 4. The predicted octanol–water partition coefficient (Wildman–Crippen LogP) is 0.845. The predicted molar refractivity (Wildman–Crippen MR) is 227 cm³/mol. The van der Waals surface area contributed by atoms with E-state index in [2.05, 4.69) is 51.5 Å². The Morgan fingerprint density at radius 2 is 0.839 bits per heavy atom. The smallest absolute Gasteiger partial charge is 0.744 e. The SMILES string of the molecule is CCN(CCNC(=O)NCCCCCCNC(=O)NCCN(CC)c1ccc(N=Nc2cccc(S(=O)(=O)[O-])c2)cc1)c1ccc(N=Nc2cccc(S(=O)(=O)[O-])c2)cc1.[Na+].[Na+]. The average molecular weight is 909 g/mol. The first kappa shape index (κ1) is 54.2. The molecule has 0 spiro atoms. The van der Waals surface area contributed by atoms with Crippen LogP contribution in [0.3, 0.4) is 0 Å². The minimum atomic E-state index is -4.58. The van der Waals surface area contributed by atoms with E-state index >= 15 is 0 Å². The number of nitrogens with one attached hydrogen (secondary N) is 4. The van der Waals surface area contributed by atoms with Gasteiger partial charge >= 0.3 is 71.2 Å². The minimum Gasteiger partial charge on any atom is -0.744 e. The molecular weight excluding hydrogens is 859 g/mol. The Kier molecular flexibility index (Phi) is 24.4. The quantitative estimate of drug-likeness (QED) is 0.0353. The summed E-state index contributed by atoms with van der Waals surface area (Å²) in [6.45, 7) is 8.58. The molecular formula is C40H50N10Na2O8S2. The zero-order chi connectivity index (χ0) is 43.4. The molecule has 0 radical (unpaired) electrons. The van der Waals surface area contributed by atoms with Crippen molar-refractivity contribution in [2.75, 3.05) is 62.2 Å². The van der Waals surface area contributed by atoms with Gasteiger partial charge in [-0.05, 0) is 112 Å². The Morgan fingerprint density at radius 3 is 1.18 bits per heavy atom. The second-order valence-corrected chi connectivity index (χ2v) is 16.0. The third-order valence-electron chi connectivity index (χ3n) is 8.98. The number of hydrogen-bond acceptors (Lipinski definition) is 14. The Morgan fingerprint density at radius 1 is 0.500 bits per heavy atom. The van der Waals surface area contributed by atoms with Gasteiger partial charge in [-0.25, -0.2) is 26.4 Å². The summed E-state index contributed by atoms with van der Waals surface area (Å²) in [5.41, 5.74) is 3.46. The Labute approximate surface area is 407 Å². The van der Waals surface area contributed by atoms with Gasteiger partial charge in [0.05, 0.1) is 32.5 Å². The molecule has 0 fully saturated rings. The number of hydrogen-bond donors (Lipinski definition) is 4. The van der Waals surface area contributed by atoms with Crippen LogP contribution in [-0.4, -0.2) is 90.4 Å². The van der Waals surface area contributed by atoms with E-state index < -0.39 is 20.2 Å². The van der Waals surface area contributed by atoms with E-state index in [1.54, 1.807) is 36.4 Å². The summed E-state index contributed by atoms with van der Waals surface area (Å²) in [5, 5.41) is 27.8. The maximum Gasteiger partial charge on any atom is 1.00 e. The van der Waals surface area contributed by atoms with E-state index in [0.717, 1.165) is 37.1 Å². The summed E-state index contributed by atoms with van der Waals surface area (Å²) < 4.78 is 67.5. The number of carbonyl (C=O) groups is 2. The van der Waals surface area contributed by atoms with E-state index in [1.807, 2.05) is 38.1 Å². The second-order valence-electron chi connectivity index (χ2n) is 13.3. The topological polar surface area (TPSA) is 253 Å². The molecule has 0 aliphatic rings. The number of likely N-dealkylation sites (N-methyl/N-ethyl adjacent to an activating group) is 2. The molecule has 0 atom stereocenters. The summed E-state index contributed by atoms with van der Waals surface area (Å²) in [5.74, 6) is 0. The summed E-state index contributed by atoms with van der Waals surface area (Å²) in [6.07, 6.45) is 3.43. The molecule has 4 N–H and O–H groups in total. The van der Waals surface area contributed by atoms with Crippen molar-refractivity contribution in [1.82, 2.24) is 21.3 Å². The third-order valence-corrected chi connectivity index (χ3v) is 10.6. The molecule has 4 rings (SSSR count). The fourth-order valence-corrected chi connectivity index (χ4v) is 6.80. The van der Waals surface area contributed by atoms with Gasteiger partial charge in [-0.2, -0.15) is 20.5 Å². The second kappa shape index (κ2) is 28.0. The average Bonchev–Trinajstić information content (AvgIpc) is 3.23. The molecule has 0 bridgehead atoms. The monoisotopic (exact) mass is 908 g/mol. The van der Waals surface area contributed by atoms with E-state index in [1.165, 1.54) is 36.4 Å². The molecule has 4 aromatic rings. The van der Waals surface area contributed by atoms with Gasteiger partial charge in [-0.15, -0.1) is 0 Å². The fourth-order valence-electron chi connectivity index (χ4n) is 5.77. The summed E-state index contributed by atoms with van der Waals surface area (Å²) in [6, 6.07) is 24.8.